The summed E-state index contributed by atoms with van der Waals surface area (Å²) < 4.78 is 46.0. The highest BCUT2D eigenvalue weighted by Gasteiger charge is 2.41. The van der Waals surface area contributed by atoms with Gasteiger partial charge in [0.2, 0.25) is 0 Å². The third-order valence-electron chi connectivity index (χ3n) is 2.85. The number of esters is 1. The molecule has 0 aliphatic rings. The average molecular weight is 333 g/mol. The van der Waals surface area contributed by atoms with E-state index in [9.17, 15) is 27.6 Å². The molecule has 0 aliphatic heterocycles. The minimum Gasteiger partial charge on any atom is -0.497 e. The predicted molar refractivity (Wildman–Crippen MR) is 71.9 cm³/mol. The van der Waals surface area contributed by atoms with Crippen molar-refractivity contribution in [2.24, 2.45) is 0 Å². The highest BCUT2D eigenvalue weighted by atomic mass is 19.4. The third kappa shape index (κ3) is 5.28. The summed E-state index contributed by atoms with van der Waals surface area (Å²) in [6.07, 6.45) is -5.84. The number of nitrogens with one attached hydrogen (secondary N) is 1. The second-order valence-electron chi connectivity index (χ2n) is 4.40. The van der Waals surface area contributed by atoms with E-state index in [0.29, 0.717) is 5.75 Å². The first kappa shape index (κ1) is 18.5. The molecule has 0 spiro atoms. The number of rotatable bonds is 6. The molecule has 0 aliphatic carbocycles. The van der Waals surface area contributed by atoms with Crippen molar-refractivity contribution in [3.05, 3.63) is 29.8 Å². The molecule has 0 saturated heterocycles. The molecular formula is C14H14F3NO5. The van der Waals surface area contributed by atoms with Crippen LogP contribution in [0.25, 0.3) is 0 Å². The molecule has 0 heterocycles. The molecule has 6 nitrogen and oxygen atoms in total. The Hall–Kier alpha value is -2.58. The second kappa shape index (κ2) is 7.61. The van der Waals surface area contributed by atoms with Gasteiger partial charge in [-0.05, 0) is 24.3 Å². The van der Waals surface area contributed by atoms with Crippen LogP contribution in [-0.4, -0.2) is 44.1 Å². The predicted octanol–water partition coefficient (Wildman–Crippen LogP) is 1.49. The summed E-state index contributed by atoms with van der Waals surface area (Å²) in [5, 5.41) is 1.45. The van der Waals surface area contributed by atoms with Gasteiger partial charge in [-0.3, -0.25) is 9.59 Å². The number of methoxy groups -OCH3 is 2. The zero-order chi connectivity index (χ0) is 17.6. The van der Waals surface area contributed by atoms with Crippen LogP contribution in [0, 0.1) is 0 Å². The Labute approximate surface area is 129 Å². The second-order valence-corrected chi connectivity index (χ2v) is 4.40. The highest BCUT2D eigenvalue weighted by Crippen LogP contribution is 2.17. The van der Waals surface area contributed by atoms with Crippen LogP contribution >= 0.6 is 0 Å². The lowest BCUT2D eigenvalue weighted by atomic mass is 10.0. The molecule has 23 heavy (non-hydrogen) atoms. The van der Waals surface area contributed by atoms with E-state index in [1.54, 1.807) is 0 Å². The number of ether oxygens (including phenoxy) is 2. The number of carbonyl (C=O) groups is 3. The lowest BCUT2D eigenvalue weighted by Gasteiger charge is -2.17. The Balaban J connectivity index is 2.85. The van der Waals surface area contributed by atoms with Crippen LogP contribution in [0.5, 0.6) is 5.75 Å². The number of alkyl halides is 3. The molecule has 1 rings (SSSR count). The number of hydrogen-bond acceptors (Lipinski definition) is 5. The summed E-state index contributed by atoms with van der Waals surface area (Å²) in [4.78, 5) is 34.4. The molecule has 1 atom stereocenters. The molecule has 1 N–H and O–H groups in total. The van der Waals surface area contributed by atoms with Crippen molar-refractivity contribution in [1.29, 1.82) is 0 Å². The molecule has 1 amide bonds. The van der Waals surface area contributed by atoms with Crippen LogP contribution in [0.1, 0.15) is 16.8 Å². The minimum atomic E-state index is -5.17. The first-order chi connectivity index (χ1) is 10.7. The summed E-state index contributed by atoms with van der Waals surface area (Å²) in [6, 6.07) is 4.01. The molecule has 9 heteroatoms. The smallest absolute Gasteiger partial charge is 0.471 e. The van der Waals surface area contributed by atoms with Gasteiger partial charge >= 0.3 is 18.1 Å². The van der Waals surface area contributed by atoms with Gasteiger partial charge in [-0.1, -0.05) is 0 Å². The standard InChI is InChI=1S/C14H14F3NO5/c1-22-9-5-3-8(4-6-9)11(19)7-10(12(20)23-2)18-13(21)14(15,16)17/h3-6,10H,7H2,1-2H3,(H,18,21)/t10-/m0/s1. The Morgan fingerprint density at radius 1 is 1.13 bits per heavy atom. The summed E-state index contributed by atoms with van der Waals surface area (Å²) in [5.41, 5.74) is 0.154. The molecule has 1 aromatic rings. The molecule has 0 aromatic heterocycles. The van der Waals surface area contributed by atoms with Crippen LogP contribution in [0.15, 0.2) is 24.3 Å². The molecule has 0 bridgehead atoms. The minimum absolute atomic E-state index is 0.154. The van der Waals surface area contributed by atoms with E-state index in [2.05, 4.69) is 4.74 Å². The number of hydrogen-bond donors (Lipinski definition) is 1. The van der Waals surface area contributed by atoms with Crippen LogP contribution in [0.3, 0.4) is 0 Å². The Bertz CT molecular complexity index is 583. The van der Waals surface area contributed by atoms with Crippen LogP contribution in [-0.2, 0) is 14.3 Å². The molecule has 0 fully saturated rings. The van der Waals surface area contributed by atoms with Crippen molar-refractivity contribution < 1.29 is 37.0 Å². The zero-order valence-corrected chi connectivity index (χ0v) is 12.3. The molecule has 0 radical (unpaired) electrons. The van der Waals surface area contributed by atoms with Crippen LogP contribution < -0.4 is 10.1 Å². The molecule has 0 unspecified atom stereocenters. The van der Waals surface area contributed by atoms with E-state index < -0.39 is 36.3 Å². The SMILES string of the molecule is COC(=O)[C@H](CC(=O)c1ccc(OC)cc1)NC(=O)C(F)(F)F. The van der Waals surface area contributed by atoms with Gasteiger partial charge in [0.25, 0.3) is 0 Å². The summed E-state index contributed by atoms with van der Waals surface area (Å²) in [7, 11) is 2.36. The monoisotopic (exact) mass is 333 g/mol. The van der Waals surface area contributed by atoms with Crippen molar-refractivity contribution in [2.75, 3.05) is 14.2 Å². The van der Waals surface area contributed by atoms with Gasteiger partial charge < -0.3 is 14.8 Å². The number of halogens is 3. The van der Waals surface area contributed by atoms with E-state index in [0.717, 1.165) is 7.11 Å². The number of benzene rings is 1. The number of Topliss-reactive ketones (excluding diaryl/α,β-unsaturated/α-hetero) is 1. The largest absolute Gasteiger partial charge is 0.497 e. The summed E-state index contributed by atoms with van der Waals surface area (Å²) >= 11 is 0. The van der Waals surface area contributed by atoms with Crippen molar-refractivity contribution in [2.45, 2.75) is 18.6 Å². The first-order valence-corrected chi connectivity index (χ1v) is 6.31. The molecular weight excluding hydrogens is 319 g/mol. The van der Waals surface area contributed by atoms with Gasteiger partial charge in [-0.25, -0.2) is 4.79 Å². The molecule has 126 valence electrons. The number of carbonyl (C=O) groups excluding carboxylic acids is 3. The maximum atomic E-state index is 12.3. The number of amides is 1. The fourth-order valence-corrected chi connectivity index (χ4v) is 1.66. The van der Waals surface area contributed by atoms with Gasteiger partial charge in [-0.2, -0.15) is 13.2 Å². The van der Waals surface area contributed by atoms with Gasteiger partial charge in [0.05, 0.1) is 14.2 Å². The van der Waals surface area contributed by atoms with E-state index in [1.807, 2.05) is 0 Å². The molecule has 0 saturated carbocycles. The molecule has 1 aromatic carbocycles. The van der Waals surface area contributed by atoms with Crippen molar-refractivity contribution in [1.82, 2.24) is 5.32 Å². The lowest BCUT2D eigenvalue weighted by molar-refractivity contribution is -0.175. The fraction of sp³-hybridized carbons (Fsp3) is 0.357. The van der Waals surface area contributed by atoms with Crippen LogP contribution in [0.2, 0.25) is 0 Å². The Morgan fingerprint density at radius 2 is 1.70 bits per heavy atom. The van der Waals surface area contributed by atoms with Crippen molar-refractivity contribution >= 4 is 17.7 Å². The van der Waals surface area contributed by atoms with Crippen LogP contribution in [0.4, 0.5) is 13.2 Å². The van der Waals surface area contributed by atoms with Gasteiger partial charge in [-0.15, -0.1) is 0 Å². The van der Waals surface area contributed by atoms with E-state index in [-0.39, 0.29) is 5.56 Å². The zero-order valence-electron chi connectivity index (χ0n) is 12.3. The van der Waals surface area contributed by atoms with Gasteiger partial charge in [0.15, 0.2) is 5.78 Å². The fourth-order valence-electron chi connectivity index (χ4n) is 1.66. The third-order valence-corrected chi connectivity index (χ3v) is 2.85. The lowest BCUT2D eigenvalue weighted by Crippen LogP contribution is -2.48. The van der Waals surface area contributed by atoms with E-state index in [1.165, 1.54) is 36.7 Å². The normalized spacial score (nSPS) is 12.2. The van der Waals surface area contributed by atoms with Crippen molar-refractivity contribution in [3.63, 3.8) is 0 Å². The average Bonchev–Trinajstić information content (AvgIpc) is 2.52. The van der Waals surface area contributed by atoms with Gasteiger partial charge in [0, 0.05) is 12.0 Å². The van der Waals surface area contributed by atoms with Gasteiger partial charge in [0.1, 0.15) is 11.8 Å². The van der Waals surface area contributed by atoms with E-state index >= 15 is 0 Å². The van der Waals surface area contributed by atoms with Crippen molar-refractivity contribution in [3.8, 4) is 5.75 Å². The first-order valence-electron chi connectivity index (χ1n) is 6.31. The maximum absolute atomic E-state index is 12.3. The van der Waals surface area contributed by atoms with E-state index in [4.69, 9.17) is 4.74 Å². The quantitative estimate of drug-likeness (QED) is 0.630. The Kier molecular flexibility index (Phi) is 6.11. The maximum Gasteiger partial charge on any atom is 0.471 e. The summed E-state index contributed by atoms with van der Waals surface area (Å²) in [5.74, 6) is -3.62. The number of ketones is 1. The highest BCUT2D eigenvalue weighted by molar-refractivity contribution is 6.00. The Morgan fingerprint density at radius 3 is 2.13 bits per heavy atom. The summed E-state index contributed by atoms with van der Waals surface area (Å²) in [6.45, 7) is 0. The topological polar surface area (TPSA) is 81.7 Å².